The van der Waals surface area contributed by atoms with Gasteiger partial charge in [-0.15, -0.1) is 0 Å². The minimum absolute atomic E-state index is 0.299. The summed E-state index contributed by atoms with van der Waals surface area (Å²) < 4.78 is 0. The molecule has 27 heavy (non-hydrogen) atoms. The number of nitrogens with one attached hydrogen (secondary N) is 1. The fourth-order valence-electron chi connectivity index (χ4n) is 2.59. The first-order valence-corrected chi connectivity index (χ1v) is 10.6. The smallest absolute Gasteiger partial charge is 0.321 e. The van der Waals surface area contributed by atoms with E-state index in [0.29, 0.717) is 12.3 Å². The fraction of sp³-hybridized carbons (Fsp3) is 0.609. The highest BCUT2D eigenvalue weighted by Gasteiger charge is 2.12. The Morgan fingerprint density at radius 2 is 1.30 bits per heavy atom. The third-order valence-electron chi connectivity index (χ3n) is 4.45. The molecular weight excluding hydrogens is 354 g/mol. The summed E-state index contributed by atoms with van der Waals surface area (Å²) in [5, 5.41) is 11.9. The van der Waals surface area contributed by atoms with Crippen molar-refractivity contribution in [3.63, 3.8) is 0 Å². The number of thiol groups is 1. The predicted molar refractivity (Wildman–Crippen MR) is 122 cm³/mol. The van der Waals surface area contributed by atoms with Crippen LogP contribution in [0.5, 0.6) is 0 Å². The number of allylic oxidation sites excluding steroid dienone is 7. The maximum absolute atomic E-state index is 10.9. The third kappa shape index (κ3) is 15.5. The van der Waals surface area contributed by atoms with Crippen molar-refractivity contribution in [3.8, 4) is 0 Å². The van der Waals surface area contributed by atoms with Gasteiger partial charge >= 0.3 is 5.97 Å². The molecule has 2 N–H and O–H groups in total. The number of aliphatic carboxylic acids is 1. The van der Waals surface area contributed by atoms with E-state index in [1.54, 1.807) is 0 Å². The van der Waals surface area contributed by atoms with Crippen LogP contribution in [0.25, 0.3) is 0 Å². The monoisotopic (exact) mass is 393 g/mol. The van der Waals surface area contributed by atoms with Crippen LogP contribution >= 0.6 is 12.6 Å². The van der Waals surface area contributed by atoms with E-state index < -0.39 is 12.0 Å². The van der Waals surface area contributed by atoms with Gasteiger partial charge in [0, 0.05) is 12.3 Å². The average Bonchev–Trinajstić information content (AvgIpc) is 2.58. The van der Waals surface area contributed by atoms with Gasteiger partial charge in [0.25, 0.3) is 0 Å². The van der Waals surface area contributed by atoms with Gasteiger partial charge in [0.2, 0.25) is 0 Å². The minimum Gasteiger partial charge on any atom is -0.480 e. The first-order valence-electron chi connectivity index (χ1n) is 9.93. The summed E-state index contributed by atoms with van der Waals surface area (Å²) in [7, 11) is 0. The summed E-state index contributed by atoms with van der Waals surface area (Å²) in [6, 6.07) is -0.585. The van der Waals surface area contributed by atoms with Crippen molar-refractivity contribution in [2.75, 3.05) is 12.3 Å². The number of carboxylic acids is 1. The predicted octanol–water partition coefficient (Wildman–Crippen LogP) is 6.10. The number of carbonyl (C=O) groups is 1. The molecule has 0 rings (SSSR count). The summed E-state index contributed by atoms with van der Waals surface area (Å²) in [4.78, 5) is 10.9. The normalized spacial score (nSPS) is 14.2. The van der Waals surface area contributed by atoms with Crippen molar-refractivity contribution < 1.29 is 9.90 Å². The highest BCUT2D eigenvalue weighted by molar-refractivity contribution is 7.80. The lowest BCUT2D eigenvalue weighted by Crippen LogP contribution is -2.38. The molecular formula is C23H39NO2S. The van der Waals surface area contributed by atoms with E-state index in [0.717, 1.165) is 38.5 Å². The first kappa shape index (κ1) is 25.7. The summed E-state index contributed by atoms with van der Waals surface area (Å²) in [5.74, 6) is -0.552. The zero-order valence-electron chi connectivity index (χ0n) is 17.8. The molecule has 0 radical (unpaired) electrons. The van der Waals surface area contributed by atoms with Gasteiger partial charge in [0.15, 0.2) is 0 Å². The summed E-state index contributed by atoms with van der Waals surface area (Å²) >= 11 is 4.05. The number of hydrogen-bond donors (Lipinski definition) is 3. The molecule has 0 aromatic rings. The Kier molecular flexibility index (Phi) is 15.0. The molecule has 0 aromatic carbocycles. The van der Waals surface area contributed by atoms with Gasteiger partial charge in [-0.05, 0) is 73.1 Å². The van der Waals surface area contributed by atoms with Gasteiger partial charge in [-0.1, -0.05) is 46.6 Å². The molecule has 0 saturated carbocycles. The molecule has 0 aliphatic heterocycles. The Balaban J connectivity index is 4.08. The molecule has 0 heterocycles. The molecule has 0 aromatic heterocycles. The summed E-state index contributed by atoms with van der Waals surface area (Å²) in [6.45, 7) is 11.4. The average molecular weight is 394 g/mol. The zero-order chi connectivity index (χ0) is 20.7. The molecule has 0 aliphatic carbocycles. The second kappa shape index (κ2) is 15.8. The molecule has 1 atom stereocenters. The molecule has 0 fully saturated rings. The largest absolute Gasteiger partial charge is 0.480 e. The molecule has 3 nitrogen and oxygen atoms in total. The topological polar surface area (TPSA) is 49.3 Å². The van der Waals surface area contributed by atoms with Crippen molar-refractivity contribution in [3.05, 3.63) is 46.6 Å². The van der Waals surface area contributed by atoms with Gasteiger partial charge in [0.05, 0.1) is 0 Å². The second-order valence-corrected chi connectivity index (χ2v) is 7.90. The SMILES string of the molecule is CC(C)=CCCC(C)=CCCC(C)=CCCC(C)=CCN[C@@H](CS)C(=O)O. The molecule has 0 spiro atoms. The minimum atomic E-state index is -0.851. The van der Waals surface area contributed by atoms with Crippen LogP contribution in [0.2, 0.25) is 0 Å². The highest BCUT2D eigenvalue weighted by atomic mass is 32.1. The van der Waals surface area contributed by atoms with Gasteiger partial charge in [-0.2, -0.15) is 12.6 Å². The molecule has 0 bridgehead atoms. The van der Waals surface area contributed by atoms with Crippen molar-refractivity contribution >= 4 is 18.6 Å². The van der Waals surface area contributed by atoms with Crippen LogP contribution in [0.3, 0.4) is 0 Å². The number of carboxylic acid groups (broad SMARTS) is 1. The molecule has 0 amide bonds. The first-order chi connectivity index (χ1) is 12.8. The molecule has 0 saturated heterocycles. The van der Waals surface area contributed by atoms with Gasteiger partial charge in [-0.25, -0.2) is 0 Å². The Bertz CT molecular complexity index is 555. The summed E-state index contributed by atoms with van der Waals surface area (Å²) in [5.41, 5.74) is 5.60. The van der Waals surface area contributed by atoms with E-state index >= 15 is 0 Å². The molecule has 0 aliphatic rings. The quantitative estimate of drug-likeness (QED) is 0.247. The van der Waals surface area contributed by atoms with Crippen LogP contribution in [0.4, 0.5) is 0 Å². The standard InChI is InChI=1S/C23H39NO2S/c1-18(2)9-6-10-19(3)11-7-12-20(4)13-8-14-21(5)15-16-24-22(17-27)23(25)26/h9,11,13,15,22,24,27H,6-8,10,12,14,16-17H2,1-5H3,(H,25,26)/t22-/m0/s1. The van der Waals surface area contributed by atoms with E-state index in [1.165, 1.54) is 22.3 Å². The van der Waals surface area contributed by atoms with Crippen LogP contribution < -0.4 is 5.32 Å². The molecule has 4 heteroatoms. The van der Waals surface area contributed by atoms with Crippen LogP contribution in [-0.4, -0.2) is 29.4 Å². The van der Waals surface area contributed by atoms with E-state index in [1.807, 2.05) is 0 Å². The van der Waals surface area contributed by atoms with Crippen LogP contribution in [-0.2, 0) is 4.79 Å². The lowest BCUT2D eigenvalue weighted by molar-refractivity contribution is -0.138. The van der Waals surface area contributed by atoms with Crippen molar-refractivity contribution in [2.45, 2.75) is 79.2 Å². The van der Waals surface area contributed by atoms with E-state index in [-0.39, 0.29) is 0 Å². The lowest BCUT2D eigenvalue weighted by Gasteiger charge is -2.10. The zero-order valence-corrected chi connectivity index (χ0v) is 18.7. The number of hydrogen-bond acceptors (Lipinski definition) is 3. The fourth-order valence-corrected chi connectivity index (χ4v) is 2.88. The van der Waals surface area contributed by atoms with Crippen molar-refractivity contribution in [1.82, 2.24) is 5.32 Å². The van der Waals surface area contributed by atoms with Crippen LogP contribution in [0.15, 0.2) is 46.6 Å². The number of rotatable bonds is 14. The van der Waals surface area contributed by atoms with Gasteiger partial charge in [-0.3, -0.25) is 4.79 Å². The van der Waals surface area contributed by atoms with E-state index in [4.69, 9.17) is 5.11 Å². The Labute approximate surface area is 172 Å². The van der Waals surface area contributed by atoms with Crippen LogP contribution in [0, 0.1) is 0 Å². The van der Waals surface area contributed by atoms with Crippen LogP contribution in [0.1, 0.15) is 73.1 Å². The van der Waals surface area contributed by atoms with Gasteiger partial charge in [0.1, 0.15) is 6.04 Å². The Morgan fingerprint density at radius 3 is 1.70 bits per heavy atom. The lowest BCUT2D eigenvalue weighted by atomic mass is 10.0. The summed E-state index contributed by atoms with van der Waals surface area (Å²) in [6.07, 6.45) is 15.6. The van der Waals surface area contributed by atoms with E-state index in [9.17, 15) is 4.79 Å². The van der Waals surface area contributed by atoms with Crippen molar-refractivity contribution in [1.29, 1.82) is 0 Å². The maximum Gasteiger partial charge on any atom is 0.321 e. The molecule has 0 unspecified atom stereocenters. The highest BCUT2D eigenvalue weighted by Crippen LogP contribution is 2.13. The second-order valence-electron chi connectivity index (χ2n) is 7.53. The Morgan fingerprint density at radius 1 is 0.852 bits per heavy atom. The van der Waals surface area contributed by atoms with Gasteiger partial charge < -0.3 is 10.4 Å². The van der Waals surface area contributed by atoms with E-state index in [2.05, 4.69) is 76.9 Å². The third-order valence-corrected chi connectivity index (χ3v) is 4.81. The Hall–Kier alpha value is -1.26. The van der Waals surface area contributed by atoms with Crippen molar-refractivity contribution in [2.24, 2.45) is 0 Å². The maximum atomic E-state index is 10.9. The molecule has 154 valence electrons.